The van der Waals surface area contributed by atoms with Gasteiger partial charge in [-0.1, -0.05) is 36.4 Å². The number of methoxy groups -OCH3 is 1. The minimum absolute atomic E-state index is 0.00655. The molecule has 1 atom stereocenters. The normalized spacial score (nSPS) is 11.7. The molecule has 2 amide bonds. The van der Waals surface area contributed by atoms with Gasteiger partial charge in [0.25, 0.3) is 0 Å². The van der Waals surface area contributed by atoms with Crippen molar-refractivity contribution in [2.45, 2.75) is 17.7 Å². The Morgan fingerprint density at radius 1 is 1.03 bits per heavy atom. The molecule has 3 rings (SSSR count). The number of hydrogen-bond acceptors (Lipinski definition) is 4. The number of rotatable bonds is 6. The zero-order valence-electron chi connectivity index (χ0n) is 16.1. The Kier molecular flexibility index (Phi) is 6.72. The van der Waals surface area contributed by atoms with Crippen LogP contribution in [0.1, 0.15) is 18.4 Å². The van der Waals surface area contributed by atoms with E-state index in [1.807, 2.05) is 36.4 Å². The maximum Gasteiger partial charge on any atom is 0.248 e. The van der Waals surface area contributed by atoms with Crippen LogP contribution in [-0.4, -0.2) is 24.7 Å². The zero-order chi connectivity index (χ0) is 20.8. The summed E-state index contributed by atoms with van der Waals surface area (Å²) in [7, 11) is 1.62. The first-order chi connectivity index (χ1) is 14.0. The van der Waals surface area contributed by atoms with Crippen molar-refractivity contribution in [1.29, 1.82) is 0 Å². The second-order valence-electron chi connectivity index (χ2n) is 6.45. The Hall–Kier alpha value is -3.06. The fraction of sp³-hybridized carbons (Fsp3) is 0.182. The van der Waals surface area contributed by atoms with Crippen LogP contribution in [0.5, 0.6) is 5.75 Å². The van der Waals surface area contributed by atoms with Crippen molar-refractivity contribution in [3.05, 3.63) is 72.0 Å². The van der Waals surface area contributed by atoms with Gasteiger partial charge in [-0.15, -0.1) is 11.8 Å². The van der Waals surface area contributed by atoms with Gasteiger partial charge in [0.1, 0.15) is 11.6 Å². The number of nitrogens with one attached hydrogen (secondary N) is 2. The van der Waals surface area contributed by atoms with Crippen LogP contribution >= 0.6 is 11.8 Å². The molecule has 3 aromatic carbocycles. The van der Waals surface area contributed by atoms with Gasteiger partial charge in [-0.3, -0.25) is 20.4 Å². The van der Waals surface area contributed by atoms with Crippen molar-refractivity contribution < 1.29 is 18.7 Å². The quantitative estimate of drug-likeness (QED) is 0.474. The number of fused-ring (bicyclic) bond motifs is 1. The first-order valence-corrected chi connectivity index (χ1v) is 10.00. The predicted molar refractivity (Wildman–Crippen MR) is 112 cm³/mol. The molecule has 0 saturated carbocycles. The first kappa shape index (κ1) is 20.7. The van der Waals surface area contributed by atoms with Crippen LogP contribution in [0.25, 0.3) is 10.8 Å². The van der Waals surface area contributed by atoms with Gasteiger partial charge in [0.2, 0.25) is 11.8 Å². The molecule has 3 aromatic rings. The van der Waals surface area contributed by atoms with Crippen LogP contribution in [0.2, 0.25) is 0 Å². The summed E-state index contributed by atoms with van der Waals surface area (Å²) in [5, 5.41) is 2.01. The van der Waals surface area contributed by atoms with E-state index in [1.165, 1.54) is 6.07 Å². The molecule has 0 radical (unpaired) electrons. The number of thioether (sulfide) groups is 1. The Labute approximate surface area is 172 Å². The molecular formula is C22H21FN2O3S. The van der Waals surface area contributed by atoms with Crippen LogP contribution in [0, 0.1) is 5.82 Å². The summed E-state index contributed by atoms with van der Waals surface area (Å²) >= 11 is 1.07. The molecule has 0 bridgehead atoms. The van der Waals surface area contributed by atoms with Crippen LogP contribution in [-0.2, 0) is 9.59 Å². The lowest BCUT2D eigenvalue weighted by molar-refractivity contribution is -0.128. The van der Waals surface area contributed by atoms with E-state index in [0.29, 0.717) is 4.90 Å². The summed E-state index contributed by atoms with van der Waals surface area (Å²) < 4.78 is 18.8. The highest BCUT2D eigenvalue weighted by molar-refractivity contribution is 8.00. The van der Waals surface area contributed by atoms with E-state index in [0.717, 1.165) is 33.8 Å². The number of benzene rings is 3. The third kappa shape index (κ3) is 5.26. The van der Waals surface area contributed by atoms with Crippen molar-refractivity contribution >= 4 is 34.3 Å². The van der Waals surface area contributed by atoms with Gasteiger partial charge in [0, 0.05) is 4.90 Å². The summed E-state index contributed by atoms with van der Waals surface area (Å²) in [4.78, 5) is 24.7. The minimum atomic E-state index is -0.457. The highest BCUT2D eigenvalue weighted by atomic mass is 32.2. The average molecular weight is 412 g/mol. The topological polar surface area (TPSA) is 67.4 Å². The third-order valence-electron chi connectivity index (χ3n) is 4.49. The molecule has 0 aliphatic heterocycles. The number of halogens is 1. The molecule has 0 unspecified atom stereocenters. The number of amides is 2. The van der Waals surface area contributed by atoms with Crippen LogP contribution in [0.15, 0.2) is 65.6 Å². The van der Waals surface area contributed by atoms with Gasteiger partial charge in [0.05, 0.1) is 18.8 Å². The molecule has 0 heterocycles. The Balaban J connectivity index is 1.55. The van der Waals surface area contributed by atoms with E-state index in [9.17, 15) is 14.0 Å². The number of ether oxygens (including phenoxy) is 1. The highest BCUT2D eigenvalue weighted by Gasteiger charge is 2.16. The Morgan fingerprint density at radius 2 is 1.76 bits per heavy atom. The molecule has 150 valence electrons. The number of hydrogen-bond donors (Lipinski definition) is 2. The summed E-state index contributed by atoms with van der Waals surface area (Å²) in [6.45, 7) is 1.76. The van der Waals surface area contributed by atoms with Crippen molar-refractivity contribution in [3.8, 4) is 5.75 Å². The molecule has 0 aliphatic carbocycles. The second-order valence-corrected chi connectivity index (χ2v) is 7.47. The fourth-order valence-corrected chi connectivity index (χ4v) is 3.51. The average Bonchev–Trinajstić information content (AvgIpc) is 2.75. The van der Waals surface area contributed by atoms with E-state index in [-0.39, 0.29) is 17.5 Å². The van der Waals surface area contributed by atoms with Gasteiger partial charge in [-0.2, -0.15) is 0 Å². The summed E-state index contributed by atoms with van der Waals surface area (Å²) in [5.41, 5.74) is 5.64. The molecule has 7 heteroatoms. The molecule has 2 N–H and O–H groups in total. The van der Waals surface area contributed by atoms with Gasteiger partial charge in [-0.25, -0.2) is 4.39 Å². The number of carbonyl (C=O) groups is 2. The SMILES string of the molecule is COc1ccc2cc([C@H](C)C(=O)NNC(=O)CSc3ccccc3F)ccc2c1. The number of carbonyl (C=O) groups excluding carboxylic acids is 2. The van der Waals surface area contributed by atoms with E-state index in [1.54, 1.807) is 32.2 Å². The molecule has 0 aliphatic rings. The summed E-state index contributed by atoms with van der Waals surface area (Å²) in [6.07, 6.45) is 0. The molecule has 29 heavy (non-hydrogen) atoms. The van der Waals surface area contributed by atoms with Crippen LogP contribution < -0.4 is 15.6 Å². The molecule has 0 spiro atoms. The predicted octanol–water partition coefficient (Wildman–Crippen LogP) is 4.03. The smallest absolute Gasteiger partial charge is 0.248 e. The molecule has 0 fully saturated rings. The van der Waals surface area contributed by atoms with Crippen molar-refractivity contribution in [2.24, 2.45) is 0 Å². The zero-order valence-corrected chi connectivity index (χ0v) is 16.9. The van der Waals surface area contributed by atoms with E-state index in [4.69, 9.17) is 4.74 Å². The Bertz CT molecular complexity index is 1040. The van der Waals surface area contributed by atoms with Gasteiger partial charge >= 0.3 is 0 Å². The van der Waals surface area contributed by atoms with Crippen molar-refractivity contribution in [3.63, 3.8) is 0 Å². The van der Waals surface area contributed by atoms with Crippen molar-refractivity contribution in [2.75, 3.05) is 12.9 Å². The van der Waals surface area contributed by atoms with Crippen molar-refractivity contribution in [1.82, 2.24) is 10.9 Å². The molecule has 5 nitrogen and oxygen atoms in total. The lowest BCUT2D eigenvalue weighted by Crippen LogP contribution is -2.44. The Morgan fingerprint density at radius 3 is 2.52 bits per heavy atom. The maximum atomic E-state index is 13.6. The molecular weight excluding hydrogens is 391 g/mol. The van der Waals surface area contributed by atoms with Gasteiger partial charge in [-0.05, 0) is 47.5 Å². The molecule has 0 aromatic heterocycles. The monoisotopic (exact) mass is 412 g/mol. The second kappa shape index (κ2) is 9.43. The lowest BCUT2D eigenvalue weighted by atomic mass is 9.97. The summed E-state index contributed by atoms with van der Waals surface area (Å²) in [6, 6.07) is 17.7. The number of hydrazine groups is 1. The van der Waals surface area contributed by atoms with E-state index >= 15 is 0 Å². The molecule has 0 saturated heterocycles. The first-order valence-electron chi connectivity index (χ1n) is 9.01. The van der Waals surface area contributed by atoms with Crippen LogP contribution in [0.3, 0.4) is 0 Å². The maximum absolute atomic E-state index is 13.6. The van der Waals surface area contributed by atoms with E-state index < -0.39 is 11.8 Å². The third-order valence-corrected chi connectivity index (χ3v) is 5.53. The lowest BCUT2D eigenvalue weighted by Gasteiger charge is -2.14. The highest BCUT2D eigenvalue weighted by Crippen LogP contribution is 2.25. The standard InChI is InChI=1S/C22H21FN2O3S/c1-14(15-7-8-17-12-18(28-2)10-9-16(17)11-15)22(27)25-24-21(26)13-29-20-6-4-3-5-19(20)23/h3-12,14H,13H2,1-2H3,(H,24,26)(H,25,27)/t14-/m0/s1. The van der Waals surface area contributed by atoms with Gasteiger partial charge < -0.3 is 4.74 Å². The van der Waals surface area contributed by atoms with E-state index in [2.05, 4.69) is 10.9 Å². The van der Waals surface area contributed by atoms with Gasteiger partial charge in [0.15, 0.2) is 0 Å². The van der Waals surface area contributed by atoms with Crippen LogP contribution in [0.4, 0.5) is 4.39 Å². The minimum Gasteiger partial charge on any atom is -0.497 e. The fourth-order valence-electron chi connectivity index (χ4n) is 2.77. The summed E-state index contributed by atoms with van der Waals surface area (Å²) in [5.74, 6) is -0.815. The largest absolute Gasteiger partial charge is 0.497 e.